The van der Waals surface area contributed by atoms with Gasteiger partial charge in [0.05, 0.1) is 13.2 Å². The van der Waals surface area contributed by atoms with E-state index in [1.54, 1.807) is 55.6 Å². The molecule has 0 aliphatic carbocycles. The fourth-order valence-corrected chi connectivity index (χ4v) is 3.46. The maximum absolute atomic E-state index is 12.6. The molecule has 2 aromatic rings. The van der Waals surface area contributed by atoms with Gasteiger partial charge in [-0.3, -0.25) is 4.79 Å². The number of ether oxygens (including phenoxy) is 1. The van der Waals surface area contributed by atoms with Gasteiger partial charge in [-0.15, -0.1) is 0 Å². The van der Waals surface area contributed by atoms with Crippen LogP contribution in [0.5, 0.6) is 5.75 Å². The van der Waals surface area contributed by atoms with Crippen LogP contribution in [0.2, 0.25) is 0 Å². The van der Waals surface area contributed by atoms with Gasteiger partial charge in [-0.05, 0) is 54.8 Å². The number of likely N-dealkylation sites (tertiary alicyclic amines) is 1. The predicted octanol–water partition coefficient (Wildman–Crippen LogP) is 3.57. The molecular weight excluding hydrogens is 382 g/mol. The molecule has 0 radical (unpaired) electrons. The molecule has 7 heteroatoms. The Kier molecular flexibility index (Phi) is 7.68. The fraction of sp³-hybridized carbons (Fsp3) is 0.391. The molecular formula is C23H29N3O4. The predicted molar refractivity (Wildman–Crippen MR) is 116 cm³/mol. The van der Waals surface area contributed by atoms with Crippen molar-refractivity contribution in [3.8, 4) is 5.75 Å². The molecule has 1 atom stereocenters. The van der Waals surface area contributed by atoms with Gasteiger partial charge in [-0.25, -0.2) is 4.79 Å². The van der Waals surface area contributed by atoms with Crippen LogP contribution in [0.15, 0.2) is 48.5 Å². The molecule has 3 N–H and O–H groups in total. The van der Waals surface area contributed by atoms with E-state index < -0.39 is 12.1 Å². The number of aliphatic hydroxyl groups excluding tert-OH is 1. The van der Waals surface area contributed by atoms with Crippen LogP contribution in [0.1, 0.15) is 47.7 Å². The van der Waals surface area contributed by atoms with Crippen molar-refractivity contribution in [1.29, 1.82) is 0 Å². The van der Waals surface area contributed by atoms with Gasteiger partial charge in [-0.2, -0.15) is 0 Å². The SMILES string of the molecule is COc1ccc(C(O)CNC(=O)Nc2ccc(C(=O)N3CCCCCC3)cc2)cc1. The van der Waals surface area contributed by atoms with Gasteiger partial charge in [0.1, 0.15) is 5.75 Å². The summed E-state index contributed by atoms with van der Waals surface area (Å²) in [5, 5.41) is 15.6. The van der Waals surface area contributed by atoms with E-state index in [-0.39, 0.29) is 12.5 Å². The molecule has 1 fully saturated rings. The maximum atomic E-state index is 12.6. The lowest BCUT2D eigenvalue weighted by atomic mass is 10.1. The fourth-order valence-electron chi connectivity index (χ4n) is 3.46. The summed E-state index contributed by atoms with van der Waals surface area (Å²) in [5.74, 6) is 0.741. The number of rotatable bonds is 6. The van der Waals surface area contributed by atoms with E-state index in [9.17, 15) is 14.7 Å². The first-order chi connectivity index (χ1) is 14.6. The normalized spacial score (nSPS) is 15.1. The zero-order valence-electron chi connectivity index (χ0n) is 17.3. The molecule has 3 rings (SSSR count). The second-order valence-electron chi connectivity index (χ2n) is 7.41. The second-order valence-corrected chi connectivity index (χ2v) is 7.41. The minimum absolute atomic E-state index is 0.0375. The molecule has 7 nitrogen and oxygen atoms in total. The van der Waals surface area contributed by atoms with Crippen LogP contribution < -0.4 is 15.4 Å². The Bertz CT molecular complexity index is 829. The molecule has 1 unspecified atom stereocenters. The third-order valence-electron chi connectivity index (χ3n) is 5.24. The molecule has 30 heavy (non-hydrogen) atoms. The number of benzene rings is 2. The van der Waals surface area contributed by atoms with E-state index in [4.69, 9.17) is 4.74 Å². The monoisotopic (exact) mass is 411 g/mol. The standard InChI is InChI=1S/C23H29N3O4/c1-30-20-12-8-17(9-13-20)21(27)16-24-23(29)25-19-10-6-18(7-11-19)22(28)26-14-4-2-3-5-15-26/h6-13,21,27H,2-5,14-16H2,1H3,(H2,24,25,29). The Morgan fingerprint density at radius 2 is 1.63 bits per heavy atom. The molecule has 1 heterocycles. The lowest BCUT2D eigenvalue weighted by molar-refractivity contribution is 0.0761. The van der Waals surface area contributed by atoms with Crippen molar-refractivity contribution >= 4 is 17.6 Å². The zero-order valence-corrected chi connectivity index (χ0v) is 17.3. The van der Waals surface area contributed by atoms with Crippen molar-refractivity contribution in [2.75, 3.05) is 32.1 Å². The first kappa shape index (κ1) is 21.6. The van der Waals surface area contributed by atoms with Gasteiger partial charge in [-0.1, -0.05) is 25.0 Å². The Labute approximate surface area is 177 Å². The molecule has 1 aliphatic heterocycles. The van der Waals surface area contributed by atoms with Crippen LogP contribution in [0.3, 0.4) is 0 Å². The Morgan fingerprint density at radius 3 is 2.23 bits per heavy atom. The highest BCUT2D eigenvalue weighted by Crippen LogP contribution is 2.18. The number of methoxy groups -OCH3 is 1. The Hall–Kier alpha value is -3.06. The summed E-state index contributed by atoms with van der Waals surface area (Å²) < 4.78 is 5.09. The summed E-state index contributed by atoms with van der Waals surface area (Å²) in [6.45, 7) is 1.68. The third-order valence-corrected chi connectivity index (χ3v) is 5.24. The van der Waals surface area contributed by atoms with Crippen LogP contribution in [-0.2, 0) is 0 Å². The summed E-state index contributed by atoms with van der Waals surface area (Å²) in [5.41, 5.74) is 1.89. The van der Waals surface area contributed by atoms with Crippen LogP contribution in [0.25, 0.3) is 0 Å². The molecule has 1 aliphatic rings. The molecule has 160 valence electrons. The molecule has 2 aromatic carbocycles. The number of aliphatic hydroxyl groups is 1. The number of amides is 3. The van der Waals surface area contributed by atoms with Gasteiger partial charge in [0.15, 0.2) is 0 Å². The average Bonchev–Trinajstić information content (AvgIpc) is 3.07. The highest BCUT2D eigenvalue weighted by molar-refractivity contribution is 5.95. The minimum Gasteiger partial charge on any atom is -0.497 e. The average molecular weight is 412 g/mol. The van der Waals surface area contributed by atoms with Crippen LogP contribution in [-0.4, -0.2) is 48.7 Å². The zero-order chi connectivity index (χ0) is 21.3. The van der Waals surface area contributed by atoms with Crippen molar-refractivity contribution in [2.45, 2.75) is 31.8 Å². The van der Waals surface area contributed by atoms with E-state index in [2.05, 4.69) is 10.6 Å². The summed E-state index contributed by atoms with van der Waals surface area (Å²) in [6.07, 6.45) is 3.63. The van der Waals surface area contributed by atoms with Crippen LogP contribution in [0.4, 0.5) is 10.5 Å². The van der Waals surface area contributed by atoms with E-state index in [1.165, 1.54) is 12.8 Å². The summed E-state index contributed by atoms with van der Waals surface area (Å²) in [4.78, 5) is 26.7. The highest BCUT2D eigenvalue weighted by atomic mass is 16.5. The first-order valence-electron chi connectivity index (χ1n) is 10.3. The number of hydrogen-bond donors (Lipinski definition) is 3. The van der Waals surface area contributed by atoms with Crippen LogP contribution >= 0.6 is 0 Å². The maximum Gasteiger partial charge on any atom is 0.319 e. The van der Waals surface area contributed by atoms with Gasteiger partial charge in [0.25, 0.3) is 5.91 Å². The number of hydrogen-bond acceptors (Lipinski definition) is 4. The lowest BCUT2D eigenvalue weighted by Gasteiger charge is -2.20. The van der Waals surface area contributed by atoms with E-state index in [1.807, 2.05) is 4.90 Å². The topological polar surface area (TPSA) is 90.9 Å². The number of anilines is 1. The molecule has 0 saturated carbocycles. The summed E-state index contributed by atoms with van der Waals surface area (Å²) in [7, 11) is 1.58. The molecule has 0 bridgehead atoms. The number of urea groups is 1. The lowest BCUT2D eigenvalue weighted by Crippen LogP contribution is -2.32. The third kappa shape index (κ3) is 5.97. The number of carbonyl (C=O) groups is 2. The van der Waals surface area contributed by atoms with Crippen molar-refractivity contribution in [3.63, 3.8) is 0 Å². The Balaban J connectivity index is 1.48. The summed E-state index contributed by atoms with van der Waals surface area (Å²) in [6, 6.07) is 13.5. The Morgan fingerprint density at radius 1 is 1.00 bits per heavy atom. The number of nitrogens with one attached hydrogen (secondary N) is 2. The van der Waals surface area contributed by atoms with Crippen molar-refractivity contribution < 1.29 is 19.4 Å². The smallest absolute Gasteiger partial charge is 0.319 e. The molecule has 0 spiro atoms. The van der Waals surface area contributed by atoms with E-state index in [0.29, 0.717) is 22.6 Å². The largest absolute Gasteiger partial charge is 0.497 e. The quantitative estimate of drug-likeness (QED) is 0.678. The summed E-state index contributed by atoms with van der Waals surface area (Å²) >= 11 is 0. The molecule has 1 saturated heterocycles. The van der Waals surface area contributed by atoms with Crippen molar-refractivity contribution in [2.24, 2.45) is 0 Å². The van der Waals surface area contributed by atoms with Crippen molar-refractivity contribution in [1.82, 2.24) is 10.2 Å². The number of carbonyl (C=O) groups excluding carboxylic acids is 2. The molecule has 0 aromatic heterocycles. The van der Waals surface area contributed by atoms with Crippen molar-refractivity contribution in [3.05, 3.63) is 59.7 Å². The molecule has 3 amide bonds. The number of nitrogens with zero attached hydrogens (tertiary/aromatic N) is 1. The van der Waals surface area contributed by atoms with Gasteiger partial charge >= 0.3 is 6.03 Å². The first-order valence-corrected chi connectivity index (χ1v) is 10.3. The van der Waals surface area contributed by atoms with Gasteiger partial charge < -0.3 is 25.4 Å². The van der Waals surface area contributed by atoms with Gasteiger partial charge in [0, 0.05) is 30.9 Å². The van der Waals surface area contributed by atoms with Crippen LogP contribution in [0, 0.1) is 0 Å². The minimum atomic E-state index is -0.824. The second kappa shape index (κ2) is 10.6. The van der Waals surface area contributed by atoms with E-state index >= 15 is 0 Å². The van der Waals surface area contributed by atoms with Gasteiger partial charge in [0.2, 0.25) is 0 Å². The highest BCUT2D eigenvalue weighted by Gasteiger charge is 2.17. The van der Waals surface area contributed by atoms with E-state index in [0.717, 1.165) is 25.9 Å².